The summed E-state index contributed by atoms with van der Waals surface area (Å²) in [6.45, 7) is 24.8. The first-order valence-electron chi connectivity index (χ1n) is 17.6. The molecule has 11 heteroatoms. The molecule has 2 amide bonds. The maximum atomic E-state index is 14.3. The standard InChI is InChI=1S/C40H57N3O5SSi2/c1-31-16-12-18-34(26-31)37(44)42-36-19-13-17-32(28-36)20-21-33-27-35(30-41-29-33)38(45)43-49(46,24-14-22-47-50(8,9)39(2,3)4)25-15-23-48-51(10,11)40(5,6)7/h12-13,16-19,26-30H,14-15,22-25H2,1-11H3,(H,42,44). The maximum Gasteiger partial charge on any atom is 0.286 e. The van der Waals surface area contributed by atoms with Gasteiger partial charge in [-0.3, -0.25) is 14.6 Å². The zero-order valence-electron chi connectivity index (χ0n) is 32.4. The van der Waals surface area contributed by atoms with Crippen LogP contribution in [0.25, 0.3) is 0 Å². The average Bonchev–Trinajstić information content (AvgIpc) is 3.03. The molecule has 0 saturated heterocycles. The van der Waals surface area contributed by atoms with E-state index in [0.29, 0.717) is 48.4 Å². The molecule has 2 aromatic carbocycles. The second kappa shape index (κ2) is 17.4. The third kappa shape index (κ3) is 12.9. The molecule has 8 nitrogen and oxygen atoms in total. The van der Waals surface area contributed by atoms with Crippen molar-refractivity contribution in [3.63, 3.8) is 0 Å². The molecule has 0 aliphatic heterocycles. The van der Waals surface area contributed by atoms with E-state index in [1.54, 1.807) is 30.5 Å². The lowest BCUT2D eigenvalue weighted by Crippen LogP contribution is -2.41. The summed E-state index contributed by atoms with van der Waals surface area (Å²) in [5.74, 6) is 5.89. The fourth-order valence-electron chi connectivity index (χ4n) is 4.49. The van der Waals surface area contributed by atoms with Crippen LogP contribution in [0.5, 0.6) is 0 Å². The molecule has 3 rings (SSSR count). The molecule has 0 saturated carbocycles. The van der Waals surface area contributed by atoms with Gasteiger partial charge < -0.3 is 14.2 Å². The van der Waals surface area contributed by atoms with Crippen LogP contribution in [0.4, 0.5) is 5.69 Å². The van der Waals surface area contributed by atoms with Crippen molar-refractivity contribution < 1.29 is 22.6 Å². The second-order valence-electron chi connectivity index (χ2n) is 16.1. The minimum absolute atomic E-state index is 0.0666. The fourth-order valence-corrected chi connectivity index (χ4v) is 8.60. The third-order valence-electron chi connectivity index (χ3n) is 9.74. The Morgan fingerprint density at radius 2 is 1.35 bits per heavy atom. The zero-order valence-corrected chi connectivity index (χ0v) is 35.3. The lowest BCUT2D eigenvalue weighted by atomic mass is 10.1. The van der Waals surface area contributed by atoms with Gasteiger partial charge in [-0.05, 0) is 92.4 Å². The molecule has 1 N–H and O–H groups in total. The Bertz CT molecular complexity index is 1830. The van der Waals surface area contributed by atoms with Crippen LogP contribution in [0.1, 0.15) is 91.8 Å². The number of anilines is 1. The van der Waals surface area contributed by atoms with Gasteiger partial charge in [0.1, 0.15) is 0 Å². The van der Waals surface area contributed by atoms with E-state index < -0.39 is 32.3 Å². The lowest BCUT2D eigenvalue weighted by Gasteiger charge is -2.36. The summed E-state index contributed by atoms with van der Waals surface area (Å²) >= 11 is 0. The largest absolute Gasteiger partial charge is 0.417 e. The number of hydrogen-bond acceptors (Lipinski definition) is 6. The van der Waals surface area contributed by atoms with E-state index in [2.05, 4.69) is 94.2 Å². The second-order valence-corrected chi connectivity index (χ2v) is 28.3. The number of benzene rings is 2. The number of nitrogens with zero attached hydrogens (tertiary/aromatic N) is 2. The van der Waals surface area contributed by atoms with Crippen molar-refractivity contribution in [3.05, 3.63) is 94.8 Å². The van der Waals surface area contributed by atoms with Crippen LogP contribution in [-0.4, -0.2) is 62.4 Å². The molecule has 0 aliphatic carbocycles. The van der Waals surface area contributed by atoms with E-state index in [1.165, 1.54) is 6.20 Å². The average molecular weight is 748 g/mol. The van der Waals surface area contributed by atoms with Gasteiger partial charge in [-0.15, -0.1) is 0 Å². The lowest BCUT2D eigenvalue weighted by molar-refractivity contribution is 0.100. The normalized spacial score (nSPS) is 12.5. The Balaban J connectivity index is 1.77. The van der Waals surface area contributed by atoms with Crippen LogP contribution in [0.3, 0.4) is 0 Å². The van der Waals surface area contributed by atoms with Crippen LogP contribution in [0.15, 0.2) is 71.4 Å². The summed E-state index contributed by atoms with van der Waals surface area (Å²) in [5.41, 5.74) is 3.62. The van der Waals surface area contributed by atoms with Crippen molar-refractivity contribution in [2.24, 2.45) is 4.36 Å². The number of hydrogen-bond donors (Lipinski definition) is 1. The predicted octanol–water partition coefficient (Wildman–Crippen LogP) is 9.47. The zero-order chi connectivity index (χ0) is 38.1. The number of aromatic nitrogens is 1. The number of aryl methyl sites for hydroxylation is 1. The molecule has 3 aromatic rings. The molecular formula is C40H57N3O5SSi2. The highest BCUT2D eigenvalue weighted by atomic mass is 32.2. The SMILES string of the molecule is Cc1cccc(C(=O)Nc2cccc(C#Cc3cncc(C(=O)N=S(=O)(CCCO[Si](C)(C)C(C)(C)C)CCCO[Si](C)(C)C(C)(C)C)c3)c2)c1. The highest BCUT2D eigenvalue weighted by Crippen LogP contribution is 2.37. The molecule has 0 spiro atoms. The van der Waals surface area contributed by atoms with Crippen LogP contribution < -0.4 is 5.32 Å². The van der Waals surface area contributed by atoms with Crippen molar-refractivity contribution >= 4 is 43.9 Å². The van der Waals surface area contributed by atoms with E-state index in [4.69, 9.17) is 8.85 Å². The van der Waals surface area contributed by atoms with Crippen molar-refractivity contribution in [3.8, 4) is 11.8 Å². The van der Waals surface area contributed by atoms with Crippen LogP contribution >= 0.6 is 0 Å². The van der Waals surface area contributed by atoms with E-state index in [9.17, 15) is 13.8 Å². The molecule has 0 unspecified atom stereocenters. The van der Waals surface area contributed by atoms with Crippen LogP contribution in [0.2, 0.25) is 36.3 Å². The van der Waals surface area contributed by atoms with Crippen molar-refractivity contribution in [2.75, 3.05) is 30.0 Å². The van der Waals surface area contributed by atoms with Gasteiger partial charge in [0.25, 0.3) is 11.8 Å². The minimum Gasteiger partial charge on any atom is -0.417 e. The number of nitrogens with one attached hydrogen (secondary N) is 1. The first-order valence-corrected chi connectivity index (χ1v) is 25.3. The van der Waals surface area contributed by atoms with E-state index >= 15 is 0 Å². The fraction of sp³-hybridized carbons (Fsp3) is 0.475. The first kappa shape index (κ1) is 42.0. The monoisotopic (exact) mass is 747 g/mol. The van der Waals surface area contributed by atoms with Crippen molar-refractivity contribution in [2.45, 2.75) is 97.6 Å². The molecule has 0 fully saturated rings. The smallest absolute Gasteiger partial charge is 0.286 e. The predicted molar refractivity (Wildman–Crippen MR) is 216 cm³/mol. The Hall–Kier alpha value is -3.41. The summed E-state index contributed by atoms with van der Waals surface area (Å²) in [5, 5.41) is 3.05. The summed E-state index contributed by atoms with van der Waals surface area (Å²) < 4.78 is 31.3. The number of carbonyl (C=O) groups excluding carboxylic acids is 2. The van der Waals surface area contributed by atoms with E-state index in [-0.39, 0.29) is 33.1 Å². The molecule has 1 aromatic heterocycles. The van der Waals surface area contributed by atoms with Crippen molar-refractivity contribution in [1.82, 2.24) is 4.98 Å². The summed E-state index contributed by atoms with van der Waals surface area (Å²) in [6.07, 6.45) is 4.08. The van der Waals surface area contributed by atoms with Gasteiger partial charge in [-0.2, -0.15) is 4.36 Å². The molecule has 276 valence electrons. The summed E-state index contributed by atoms with van der Waals surface area (Å²) in [4.78, 5) is 30.5. The molecule has 0 atom stereocenters. The Labute approximate surface area is 309 Å². The van der Waals surface area contributed by atoms with Crippen LogP contribution in [0, 0.1) is 18.8 Å². The van der Waals surface area contributed by atoms with E-state index in [0.717, 1.165) is 5.56 Å². The molecule has 0 bridgehead atoms. The Morgan fingerprint density at radius 3 is 1.92 bits per heavy atom. The highest BCUT2D eigenvalue weighted by molar-refractivity contribution is 7.93. The van der Waals surface area contributed by atoms with Gasteiger partial charge >= 0.3 is 0 Å². The number of rotatable bonds is 13. The van der Waals surface area contributed by atoms with Gasteiger partial charge in [-0.25, -0.2) is 4.21 Å². The van der Waals surface area contributed by atoms with Gasteiger partial charge in [0.2, 0.25) is 0 Å². The molecule has 1 heterocycles. The quantitative estimate of drug-likeness (QED) is 0.106. The summed E-state index contributed by atoms with van der Waals surface area (Å²) in [6, 6.07) is 16.3. The van der Waals surface area contributed by atoms with Gasteiger partial charge in [0, 0.05) is 59.5 Å². The Kier molecular flexibility index (Phi) is 14.3. The van der Waals surface area contributed by atoms with Crippen molar-refractivity contribution in [1.29, 1.82) is 0 Å². The number of carbonyl (C=O) groups is 2. The minimum atomic E-state index is -2.90. The van der Waals surface area contributed by atoms with Gasteiger partial charge in [0.15, 0.2) is 16.6 Å². The molecule has 51 heavy (non-hydrogen) atoms. The molecule has 0 radical (unpaired) electrons. The Morgan fingerprint density at radius 1 is 0.784 bits per heavy atom. The third-order valence-corrected chi connectivity index (χ3v) is 21.2. The first-order chi connectivity index (χ1) is 23.6. The maximum absolute atomic E-state index is 14.3. The topological polar surface area (TPSA) is 107 Å². The van der Waals surface area contributed by atoms with Gasteiger partial charge in [-0.1, -0.05) is 77.1 Å². The molecule has 0 aliphatic rings. The van der Waals surface area contributed by atoms with Crippen LogP contribution in [-0.2, 0) is 18.6 Å². The number of amides is 2. The highest BCUT2D eigenvalue weighted by Gasteiger charge is 2.38. The number of pyridine rings is 1. The summed E-state index contributed by atoms with van der Waals surface area (Å²) in [7, 11) is -6.83. The van der Waals surface area contributed by atoms with E-state index in [1.807, 2.05) is 37.3 Å². The molecular weight excluding hydrogens is 691 g/mol. The van der Waals surface area contributed by atoms with Gasteiger partial charge in [0.05, 0.1) is 15.3 Å².